The first-order chi connectivity index (χ1) is 10.2. The number of carbonyl (C=O) groups is 2. The molecule has 0 unspecified atom stereocenters. The maximum Gasteiger partial charge on any atom is 0.317 e. The first-order valence-corrected chi connectivity index (χ1v) is 8.46. The third-order valence-corrected chi connectivity index (χ3v) is 5.18. The second-order valence-electron chi connectivity index (χ2n) is 5.64. The third-order valence-electron chi connectivity index (χ3n) is 4.25. The summed E-state index contributed by atoms with van der Waals surface area (Å²) in [6.07, 6.45) is 3.38. The van der Waals surface area contributed by atoms with E-state index in [0.717, 1.165) is 38.9 Å². The number of aryl methyl sites for hydroxylation is 1. The summed E-state index contributed by atoms with van der Waals surface area (Å²) in [6.45, 7) is 3.01. The van der Waals surface area contributed by atoms with Crippen molar-refractivity contribution in [2.24, 2.45) is 0 Å². The number of carbonyl (C=O) groups excluding carboxylic acids is 2. The van der Waals surface area contributed by atoms with Crippen LogP contribution in [0.1, 0.15) is 24.1 Å². The standard InChI is InChI=1S/C15H21N3O2S/c19-14(6-5-13-4-2-10-21-13)17-8-1-3-12(11-17)18-9-7-16-15(18)20/h2,4,10,12H,1,3,5-9,11H2,(H,16,20)/t12-/m1/s1. The van der Waals surface area contributed by atoms with Gasteiger partial charge in [0.05, 0.1) is 6.04 Å². The Bertz CT molecular complexity index is 503. The Morgan fingerprint density at radius 3 is 3.05 bits per heavy atom. The van der Waals surface area contributed by atoms with Crippen molar-refractivity contribution in [3.05, 3.63) is 22.4 Å². The quantitative estimate of drug-likeness (QED) is 0.920. The van der Waals surface area contributed by atoms with E-state index in [0.29, 0.717) is 13.0 Å². The van der Waals surface area contributed by atoms with Gasteiger partial charge >= 0.3 is 6.03 Å². The summed E-state index contributed by atoms with van der Waals surface area (Å²) in [5.41, 5.74) is 0. The zero-order valence-corrected chi connectivity index (χ0v) is 12.9. The van der Waals surface area contributed by atoms with E-state index in [1.807, 2.05) is 21.2 Å². The van der Waals surface area contributed by atoms with Crippen LogP contribution in [0, 0.1) is 0 Å². The van der Waals surface area contributed by atoms with Crippen LogP contribution in [0.15, 0.2) is 17.5 Å². The monoisotopic (exact) mass is 307 g/mol. The van der Waals surface area contributed by atoms with Gasteiger partial charge in [-0.1, -0.05) is 6.07 Å². The Kier molecular flexibility index (Phi) is 4.43. The number of amides is 3. The fourth-order valence-electron chi connectivity index (χ4n) is 3.11. The molecule has 21 heavy (non-hydrogen) atoms. The van der Waals surface area contributed by atoms with Crippen molar-refractivity contribution in [1.82, 2.24) is 15.1 Å². The van der Waals surface area contributed by atoms with Gasteiger partial charge in [-0.25, -0.2) is 4.79 Å². The van der Waals surface area contributed by atoms with Gasteiger partial charge in [-0.15, -0.1) is 11.3 Å². The average Bonchev–Trinajstić information content (AvgIpc) is 3.16. The van der Waals surface area contributed by atoms with Gasteiger partial charge in [-0.05, 0) is 30.7 Å². The Morgan fingerprint density at radius 2 is 2.33 bits per heavy atom. The molecule has 0 aromatic carbocycles. The molecule has 3 amide bonds. The van der Waals surface area contributed by atoms with E-state index >= 15 is 0 Å². The van der Waals surface area contributed by atoms with Crippen LogP contribution in [-0.2, 0) is 11.2 Å². The zero-order valence-electron chi connectivity index (χ0n) is 12.1. The van der Waals surface area contributed by atoms with Crippen LogP contribution in [0.2, 0.25) is 0 Å². The van der Waals surface area contributed by atoms with Gasteiger partial charge in [0.15, 0.2) is 0 Å². The van der Waals surface area contributed by atoms with Crippen LogP contribution in [0.25, 0.3) is 0 Å². The normalized spacial score (nSPS) is 22.5. The first kappa shape index (κ1) is 14.4. The van der Waals surface area contributed by atoms with Gasteiger partial charge < -0.3 is 15.1 Å². The summed E-state index contributed by atoms with van der Waals surface area (Å²) in [6, 6.07) is 4.30. The summed E-state index contributed by atoms with van der Waals surface area (Å²) >= 11 is 1.70. The number of piperidine rings is 1. The number of urea groups is 1. The minimum atomic E-state index is 0.0212. The van der Waals surface area contributed by atoms with E-state index in [9.17, 15) is 9.59 Å². The van der Waals surface area contributed by atoms with Gasteiger partial charge in [0.2, 0.25) is 5.91 Å². The van der Waals surface area contributed by atoms with Crippen molar-refractivity contribution in [3.8, 4) is 0 Å². The number of nitrogens with one attached hydrogen (secondary N) is 1. The van der Waals surface area contributed by atoms with Crippen LogP contribution in [0.5, 0.6) is 0 Å². The fraction of sp³-hybridized carbons (Fsp3) is 0.600. The van der Waals surface area contributed by atoms with E-state index in [1.54, 1.807) is 11.3 Å². The highest BCUT2D eigenvalue weighted by atomic mass is 32.1. The fourth-order valence-corrected chi connectivity index (χ4v) is 3.82. The van der Waals surface area contributed by atoms with Gasteiger partial charge in [-0.2, -0.15) is 0 Å². The van der Waals surface area contributed by atoms with Crippen LogP contribution >= 0.6 is 11.3 Å². The molecule has 6 heteroatoms. The van der Waals surface area contributed by atoms with Crippen molar-refractivity contribution in [2.45, 2.75) is 31.7 Å². The molecule has 1 N–H and O–H groups in total. The molecule has 5 nitrogen and oxygen atoms in total. The second-order valence-corrected chi connectivity index (χ2v) is 6.67. The molecule has 0 radical (unpaired) electrons. The summed E-state index contributed by atoms with van der Waals surface area (Å²) in [5, 5.41) is 4.88. The Hall–Kier alpha value is -1.56. The minimum absolute atomic E-state index is 0.0212. The molecule has 2 aliphatic heterocycles. The number of likely N-dealkylation sites (tertiary alicyclic amines) is 1. The van der Waals surface area contributed by atoms with Crippen molar-refractivity contribution >= 4 is 23.3 Å². The van der Waals surface area contributed by atoms with Crippen molar-refractivity contribution in [3.63, 3.8) is 0 Å². The van der Waals surface area contributed by atoms with Crippen LogP contribution in [0.3, 0.4) is 0 Å². The zero-order chi connectivity index (χ0) is 14.7. The van der Waals surface area contributed by atoms with Gasteiger partial charge in [0.1, 0.15) is 0 Å². The lowest BCUT2D eigenvalue weighted by Crippen LogP contribution is -2.50. The molecule has 1 aromatic rings. The Morgan fingerprint density at radius 1 is 1.43 bits per heavy atom. The number of rotatable bonds is 4. The molecule has 114 valence electrons. The van der Waals surface area contributed by atoms with Crippen LogP contribution < -0.4 is 5.32 Å². The average molecular weight is 307 g/mol. The highest BCUT2D eigenvalue weighted by Crippen LogP contribution is 2.19. The number of thiophene rings is 1. The molecular weight excluding hydrogens is 286 g/mol. The lowest BCUT2D eigenvalue weighted by molar-refractivity contribution is -0.133. The maximum absolute atomic E-state index is 12.3. The topological polar surface area (TPSA) is 52.7 Å². The maximum atomic E-state index is 12.3. The molecule has 2 aliphatic rings. The molecule has 0 bridgehead atoms. The van der Waals surface area contributed by atoms with E-state index in [2.05, 4.69) is 11.4 Å². The SMILES string of the molecule is O=C(CCc1cccs1)N1CCC[C@@H](N2CCNC2=O)C1. The molecule has 3 heterocycles. The predicted molar refractivity (Wildman–Crippen MR) is 82.3 cm³/mol. The van der Waals surface area contributed by atoms with Crippen molar-refractivity contribution in [1.29, 1.82) is 0 Å². The molecule has 1 aromatic heterocycles. The molecular formula is C15H21N3O2S. The van der Waals surface area contributed by atoms with Gasteiger partial charge in [0.25, 0.3) is 0 Å². The molecule has 0 spiro atoms. The third kappa shape index (κ3) is 3.37. The molecule has 1 atom stereocenters. The van der Waals surface area contributed by atoms with E-state index in [1.165, 1.54) is 4.88 Å². The highest BCUT2D eigenvalue weighted by Gasteiger charge is 2.32. The van der Waals surface area contributed by atoms with Crippen LogP contribution in [0.4, 0.5) is 4.79 Å². The summed E-state index contributed by atoms with van der Waals surface area (Å²) < 4.78 is 0. The summed E-state index contributed by atoms with van der Waals surface area (Å²) in [7, 11) is 0. The molecule has 2 saturated heterocycles. The van der Waals surface area contributed by atoms with Gasteiger partial charge in [0, 0.05) is 37.5 Å². The van der Waals surface area contributed by atoms with E-state index in [4.69, 9.17) is 0 Å². The van der Waals surface area contributed by atoms with Crippen molar-refractivity contribution < 1.29 is 9.59 Å². The first-order valence-electron chi connectivity index (χ1n) is 7.58. The summed E-state index contributed by atoms with van der Waals surface area (Å²) in [5.74, 6) is 0.215. The van der Waals surface area contributed by atoms with Gasteiger partial charge in [-0.3, -0.25) is 4.79 Å². The van der Waals surface area contributed by atoms with Crippen molar-refractivity contribution in [2.75, 3.05) is 26.2 Å². The second kappa shape index (κ2) is 6.47. The molecule has 3 rings (SSSR count). The lowest BCUT2D eigenvalue weighted by Gasteiger charge is -2.37. The Balaban J connectivity index is 1.52. The Labute approximate surface area is 128 Å². The predicted octanol–water partition coefficient (Wildman–Crippen LogP) is 1.70. The molecule has 0 saturated carbocycles. The minimum Gasteiger partial charge on any atom is -0.341 e. The number of hydrogen-bond donors (Lipinski definition) is 1. The largest absolute Gasteiger partial charge is 0.341 e. The van der Waals surface area contributed by atoms with E-state index < -0.39 is 0 Å². The lowest BCUT2D eigenvalue weighted by atomic mass is 10.0. The van der Waals surface area contributed by atoms with Crippen LogP contribution in [-0.4, -0.2) is 54.0 Å². The highest BCUT2D eigenvalue weighted by molar-refractivity contribution is 7.09. The summed E-state index contributed by atoms with van der Waals surface area (Å²) in [4.78, 5) is 29.2. The number of nitrogens with zero attached hydrogens (tertiary/aromatic N) is 2. The number of hydrogen-bond acceptors (Lipinski definition) is 3. The smallest absolute Gasteiger partial charge is 0.317 e. The molecule has 0 aliphatic carbocycles. The van der Waals surface area contributed by atoms with E-state index in [-0.39, 0.29) is 18.0 Å². The molecule has 2 fully saturated rings.